The van der Waals surface area contributed by atoms with E-state index in [0.717, 1.165) is 11.1 Å². The second kappa shape index (κ2) is 11.8. The second-order valence-electron chi connectivity index (χ2n) is 8.36. The number of anilines is 2. The zero-order valence-electron chi connectivity index (χ0n) is 20.3. The third-order valence-corrected chi connectivity index (χ3v) is 5.85. The van der Waals surface area contributed by atoms with Crippen molar-refractivity contribution < 1.29 is 14.3 Å². The summed E-state index contributed by atoms with van der Waals surface area (Å²) in [7, 11) is 1.56. The van der Waals surface area contributed by atoms with E-state index in [1.807, 2.05) is 79.7 Å². The number of benzene rings is 4. The molecule has 1 unspecified atom stereocenters. The summed E-state index contributed by atoms with van der Waals surface area (Å²) < 4.78 is 5.28. The van der Waals surface area contributed by atoms with Gasteiger partial charge in [-0.15, -0.1) is 0 Å². The molecule has 0 spiro atoms. The Hall–Kier alpha value is -4.42. The Morgan fingerprint density at radius 3 is 1.83 bits per heavy atom. The highest BCUT2D eigenvalue weighted by Gasteiger charge is 2.21. The van der Waals surface area contributed by atoms with Crippen molar-refractivity contribution in [2.45, 2.75) is 19.0 Å². The van der Waals surface area contributed by atoms with Crippen LogP contribution in [-0.2, 0) is 4.79 Å². The van der Waals surface area contributed by atoms with Crippen LogP contribution in [0, 0.1) is 0 Å². The molecule has 0 aliphatic rings. The SMILES string of the molecule is COc1ccccc1NC(=O)c1ccc(NC(=O)C(C)NC(c2ccccc2)c2ccccc2)cc1. The summed E-state index contributed by atoms with van der Waals surface area (Å²) in [5, 5.41) is 9.23. The molecule has 4 rings (SSSR count). The van der Waals surface area contributed by atoms with Crippen molar-refractivity contribution in [2.24, 2.45) is 0 Å². The number of hydrogen-bond acceptors (Lipinski definition) is 4. The fraction of sp³-hybridized carbons (Fsp3) is 0.133. The van der Waals surface area contributed by atoms with Crippen molar-refractivity contribution in [3.8, 4) is 5.75 Å². The molecule has 0 aliphatic heterocycles. The Kier molecular flexibility index (Phi) is 8.11. The van der Waals surface area contributed by atoms with Crippen LogP contribution in [-0.4, -0.2) is 25.0 Å². The normalized spacial score (nSPS) is 11.5. The van der Waals surface area contributed by atoms with Crippen molar-refractivity contribution in [1.29, 1.82) is 0 Å². The summed E-state index contributed by atoms with van der Waals surface area (Å²) in [6, 6.07) is 33.5. The van der Waals surface area contributed by atoms with Gasteiger partial charge in [0.2, 0.25) is 5.91 Å². The standard InChI is InChI=1S/C30H29N3O3/c1-21(31-28(22-11-5-3-6-12-22)23-13-7-4-8-14-23)29(34)32-25-19-17-24(18-20-25)30(35)33-26-15-9-10-16-27(26)36-2/h3-21,28,31H,1-2H3,(H,32,34)(H,33,35). The van der Waals surface area contributed by atoms with Crippen molar-refractivity contribution in [3.05, 3.63) is 126 Å². The van der Waals surface area contributed by atoms with E-state index < -0.39 is 6.04 Å². The molecule has 0 saturated carbocycles. The third-order valence-electron chi connectivity index (χ3n) is 5.85. The first-order valence-electron chi connectivity index (χ1n) is 11.8. The molecule has 0 fully saturated rings. The van der Waals surface area contributed by atoms with E-state index in [2.05, 4.69) is 16.0 Å². The maximum Gasteiger partial charge on any atom is 0.255 e. The highest BCUT2D eigenvalue weighted by molar-refractivity contribution is 6.05. The number of hydrogen-bond donors (Lipinski definition) is 3. The van der Waals surface area contributed by atoms with E-state index in [1.165, 1.54) is 0 Å². The van der Waals surface area contributed by atoms with Gasteiger partial charge in [0.1, 0.15) is 5.75 Å². The van der Waals surface area contributed by atoms with Crippen molar-refractivity contribution >= 4 is 23.2 Å². The lowest BCUT2D eigenvalue weighted by atomic mass is 9.98. The van der Waals surface area contributed by atoms with Gasteiger partial charge in [-0.05, 0) is 54.4 Å². The largest absolute Gasteiger partial charge is 0.495 e. The lowest BCUT2D eigenvalue weighted by Gasteiger charge is -2.24. The minimum absolute atomic E-state index is 0.130. The van der Waals surface area contributed by atoms with E-state index in [1.54, 1.807) is 43.5 Å². The number of para-hydroxylation sites is 2. The first-order chi connectivity index (χ1) is 17.5. The van der Waals surface area contributed by atoms with Crippen LogP contribution in [0.4, 0.5) is 11.4 Å². The number of amides is 2. The molecule has 0 heterocycles. The van der Waals surface area contributed by atoms with Crippen LogP contribution in [0.2, 0.25) is 0 Å². The van der Waals surface area contributed by atoms with E-state index >= 15 is 0 Å². The predicted octanol–water partition coefficient (Wildman–Crippen LogP) is 5.65. The molecule has 0 radical (unpaired) electrons. The molecular weight excluding hydrogens is 450 g/mol. The van der Waals surface area contributed by atoms with Crippen LogP contribution in [0.25, 0.3) is 0 Å². The quantitative estimate of drug-likeness (QED) is 0.290. The van der Waals surface area contributed by atoms with E-state index in [-0.39, 0.29) is 17.9 Å². The molecule has 6 nitrogen and oxygen atoms in total. The minimum Gasteiger partial charge on any atom is -0.495 e. The van der Waals surface area contributed by atoms with Crippen LogP contribution < -0.4 is 20.7 Å². The third kappa shape index (κ3) is 6.17. The van der Waals surface area contributed by atoms with E-state index in [9.17, 15) is 9.59 Å². The van der Waals surface area contributed by atoms with E-state index in [0.29, 0.717) is 22.7 Å². The fourth-order valence-electron chi connectivity index (χ4n) is 3.90. The Labute approximate surface area is 211 Å². The first-order valence-corrected chi connectivity index (χ1v) is 11.8. The van der Waals surface area contributed by atoms with Gasteiger partial charge in [0.15, 0.2) is 0 Å². The lowest BCUT2D eigenvalue weighted by molar-refractivity contribution is -0.117. The zero-order chi connectivity index (χ0) is 25.3. The average Bonchev–Trinajstić information content (AvgIpc) is 2.93. The summed E-state index contributed by atoms with van der Waals surface area (Å²) in [6.07, 6.45) is 0. The Balaban J connectivity index is 1.40. The molecule has 182 valence electrons. The van der Waals surface area contributed by atoms with Crippen LogP contribution in [0.1, 0.15) is 34.5 Å². The number of carbonyl (C=O) groups excluding carboxylic acids is 2. The highest BCUT2D eigenvalue weighted by Crippen LogP contribution is 2.24. The Morgan fingerprint density at radius 2 is 1.25 bits per heavy atom. The predicted molar refractivity (Wildman–Crippen MR) is 143 cm³/mol. The molecule has 0 bridgehead atoms. The van der Waals surface area contributed by atoms with Crippen LogP contribution >= 0.6 is 0 Å². The molecule has 1 atom stereocenters. The number of carbonyl (C=O) groups is 2. The van der Waals surface area contributed by atoms with Gasteiger partial charge in [-0.3, -0.25) is 14.9 Å². The maximum atomic E-state index is 13.0. The monoisotopic (exact) mass is 479 g/mol. The van der Waals surface area contributed by atoms with Gasteiger partial charge in [-0.25, -0.2) is 0 Å². The number of methoxy groups -OCH3 is 1. The summed E-state index contributed by atoms with van der Waals surface area (Å²) in [5.74, 6) is 0.152. The van der Waals surface area contributed by atoms with Gasteiger partial charge in [0.25, 0.3) is 5.91 Å². The fourth-order valence-corrected chi connectivity index (χ4v) is 3.90. The molecule has 4 aromatic carbocycles. The van der Waals surface area contributed by atoms with Crippen molar-refractivity contribution in [1.82, 2.24) is 5.32 Å². The highest BCUT2D eigenvalue weighted by atomic mass is 16.5. The molecule has 36 heavy (non-hydrogen) atoms. The van der Waals surface area contributed by atoms with Crippen molar-refractivity contribution in [3.63, 3.8) is 0 Å². The summed E-state index contributed by atoms with van der Waals surface area (Å²) in [5.41, 5.74) is 3.83. The first kappa shape index (κ1) is 24.7. The van der Waals surface area contributed by atoms with Gasteiger partial charge < -0.3 is 15.4 Å². The second-order valence-corrected chi connectivity index (χ2v) is 8.36. The van der Waals surface area contributed by atoms with Gasteiger partial charge in [0, 0.05) is 11.3 Å². The molecule has 0 aliphatic carbocycles. The minimum atomic E-state index is -0.469. The molecule has 0 aromatic heterocycles. The average molecular weight is 480 g/mol. The van der Waals surface area contributed by atoms with Crippen LogP contribution in [0.3, 0.4) is 0 Å². The summed E-state index contributed by atoms with van der Waals surface area (Å²) in [4.78, 5) is 25.6. The molecule has 2 amide bonds. The maximum absolute atomic E-state index is 13.0. The molecule has 3 N–H and O–H groups in total. The summed E-state index contributed by atoms with van der Waals surface area (Å²) in [6.45, 7) is 1.84. The molecule has 6 heteroatoms. The van der Waals surface area contributed by atoms with Gasteiger partial charge >= 0.3 is 0 Å². The molecular formula is C30H29N3O3. The Bertz CT molecular complexity index is 1250. The van der Waals surface area contributed by atoms with E-state index in [4.69, 9.17) is 4.74 Å². The van der Waals surface area contributed by atoms with Crippen LogP contribution in [0.15, 0.2) is 109 Å². The smallest absolute Gasteiger partial charge is 0.255 e. The van der Waals surface area contributed by atoms with Gasteiger partial charge in [-0.2, -0.15) is 0 Å². The summed E-state index contributed by atoms with van der Waals surface area (Å²) >= 11 is 0. The van der Waals surface area contributed by atoms with Crippen LogP contribution in [0.5, 0.6) is 5.75 Å². The Morgan fingerprint density at radius 1 is 0.694 bits per heavy atom. The van der Waals surface area contributed by atoms with Gasteiger partial charge in [0.05, 0.1) is 24.9 Å². The number of ether oxygens (including phenoxy) is 1. The van der Waals surface area contributed by atoms with Crippen molar-refractivity contribution in [2.75, 3.05) is 17.7 Å². The number of nitrogens with one attached hydrogen (secondary N) is 3. The topological polar surface area (TPSA) is 79.5 Å². The van der Waals surface area contributed by atoms with Gasteiger partial charge in [-0.1, -0.05) is 72.8 Å². The molecule has 4 aromatic rings. The lowest BCUT2D eigenvalue weighted by Crippen LogP contribution is -2.40. The molecule has 0 saturated heterocycles. The zero-order valence-corrected chi connectivity index (χ0v) is 20.3. The number of rotatable bonds is 9.